The summed E-state index contributed by atoms with van der Waals surface area (Å²) in [5.41, 5.74) is -1.39. The van der Waals surface area contributed by atoms with Crippen LogP contribution >= 0.6 is 0 Å². The minimum Gasteiger partial charge on any atom is -0.449 e. The number of alkyl halides is 3. The molecule has 0 aliphatic carbocycles. The number of rotatable bonds is 4. The minimum absolute atomic E-state index is 0.0545. The van der Waals surface area contributed by atoms with Crippen molar-refractivity contribution in [2.24, 2.45) is 0 Å². The highest BCUT2D eigenvalue weighted by Gasteiger charge is 2.30. The van der Waals surface area contributed by atoms with E-state index in [1.807, 2.05) is 0 Å². The van der Waals surface area contributed by atoms with Gasteiger partial charge in [0.25, 0.3) is 5.91 Å². The number of amides is 1. The van der Waals surface area contributed by atoms with E-state index in [-0.39, 0.29) is 5.69 Å². The second-order valence-electron chi connectivity index (χ2n) is 5.24. The van der Waals surface area contributed by atoms with Crippen molar-refractivity contribution in [2.45, 2.75) is 19.2 Å². The number of benzene rings is 2. The van der Waals surface area contributed by atoms with Crippen molar-refractivity contribution in [1.29, 1.82) is 0 Å². The van der Waals surface area contributed by atoms with Gasteiger partial charge in [-0.2, -0.15) is 13.2 Å². The molecule has 26 heavy (non-hydrogen) atoms. The van der Waals surface area contributed by atoms with Gasteiger partial charge in [0.05, 0.1) is 11.1 Å². The molecule has 4 nitrogen and oxygen atoms in total. The van der Waals surface area contributed by atoms with E-state index >= 15 is 0 Å². The maximum Gasteiger partial charge on any atom is 0.416 e. The van der Waals surface area contributed by atoms with Gasteiger partial charge in [-0.25, -0.2) is 13.6 Å². The van der Waals surface area contributed by atoms with Crippen molar-refractivity contribution in [3.63, 3.8) is 0 Å². The molecule has 1 atom stereocenters. The second-order valence-corrected chi connectivity index (χ2v) is 5.24. The van der Waals surface area contributed by atoms with Crippen molar-refractivity contribution < 1.29 is 36.3 Å². The van der Waals surface area contributed by atoms with Crippen LogP contribution in [0.1, 0.15) is 22.8 Å². The standard InChI is InChI=1S/C17H12F5NO3/c1-9(26-16(25)13-7-4-11(18)8-14(13)19)15(24)23-12-5-2-10(3-6-12)17(20,21)22/h2-9H,1H3,(H,23,24). The Morgan fingerprint density at radius 3 is 2.19 bits per heavy atom. The molecule has 0 saturated heterocycles. The molecule has 9 heteroatoms. The van der Waals surface area contributed by atoms with E-state index in [9.17, 15) is 31.5 Å². The average Bonchev–Trinajstić information content (AvgIpc) is 2.54. The lowest BCUT2D eigenvalue weighted by atomic mass is 10.2. The summed E-state index contributed by atoms with van der Waals surface area (Å²) in [6, 6.07) is 5.84. The molecular formula is C17H12F5NO3. The Morgan fingerprint density at radius 2 is 1.65 bits per heavy atom. The lowest BCUT2D eigenvalue weighted by molar-refractivity contribution is -0.137. The second kappa shape index (κ2) is 7.51. The van der Waals surface area contributed by atoms with Crippen molar-refractivity contribution in [2.75, 3.05) is 5.32 Å². The normalized spacial score (nSPS) is 12.4. The number of hydrogen-bond donors (Lipinski definition) is 1. The Labute approximate surface area is 144 Å². The molecule has 0 radical (unpaired) electrons. The van der Waals surface area contributed by atoms with Crippen LogP contribution < -0.4 is 5.32 Å². The van der Waals surface area contributed by atoms with Gasteiger partial charge in [-0.3, -0.25) is 4.79 Å². The zero-order chi connectivity index (χ0) is 19.5. The molecule has 0 aliphatic heterocycles. The van der Waals surface area contributed by atoms with E-state index < -0.39 is 46.9 Å². The van der Waals surface area contributed by atoms with Crippen LogP contribution in [0.15, 0.2) is 42.5 Å². The Hall–Kier alpha value is -2.97. The predicted octanol–water partition coefficient (Wildman–Crippen LogP) is 4.17. The summed E-state index contributed by atoms with van der Waals surface area (Å²) in [5, 5.41) is 2.26. The quantitative estimate of drug-likeness (QED) is 0.647. The highest BCUT2D eigenvalue weighted by molar-refractivity contribution is 5.97. The van der Waals surface area contributed by atoms with Crippen molar-refractivity contribution >= 4 is 17.6 Å². The highest BCUT2D eigenvalue weighted by Crippen LogP contribution is 2.29. The molecule has 0 aromatic heterocycles. The molecule has 0 fully saturated rings. The molecule has 0 bridgehead atoms. The van der Waals surface area contributed by atoms with Gasteiger partial charge in [0.15, 0.2) is 6.10 Å². The van der Waals surface area contributed by atoms with Gasteiger partial charge in [0.2, 0.25) is 0 Å². The SMILES string of the molecule is CC(OC(=O)c1ccc(F)cc1F)C(=O)Nc1ccc(C(F)(F)F)cc1. The topological polar surface area (TPSA) is 55.4 Å². The van der Waals surface area contributed by atoms with E-state index in [4.69, 9.17) is 4.74 Å². The van der Waals surface area contributed by atoms with Crippen LogP contribution in [0, 0.1) is 11.6 Å². The zero-order valence-electron chi connectivity index (χ0n) is 13.2. The number of anilines is 1. The molecule has 0 saturated carbocycles. The number of carbonyl (C=O) groups excluding carboxylic acids is 2. The Morgan fingerprint density at radius 1 is 1.04 bits per heavy atom. The van der Waals surface area contributed by atoms with Crippen LogP contribution in [0.25, 0.3) is 0 Å². The monoisotopic (exact) mass is 373 g/mol. The predicted molar refractivity (Wildman–Crippen MR) is 81.3 cm³/mol. The van der Waals surface area contributed by atoms with Gasteiger partial charge in [0, 0.05) is 11.8 Å². The molecule has 0 heterocycles. The molecule has 138 valence electrons. The Balaban J connectivity index is 2.00. The van der Waals surface area contributed by atoms with E-state index in [1.165, 1.54) is 6.92 Å². The van der Waals surface area contributed by atoms with Crippen molar-refractivity contribution in [3.8, 4) is 0 Å². The van der Waals surface area contributed by atoms with Gasteiger partial charge < -0.3 is 10.1 Å². The van der Waals surface area contributed by atoms with Crippen LogP contribution in [-0.4, -0.2) is 18.0 Å². The van der Waals surface area contributed by atoms with Crippen molar-refractivity contribution in [3.05, 3.63) is 65.2 Å². The summed E-state index contributed by atoms with van der Waals surface area (Å²) >= 11 is 0. The average molecular weight is 373 g/mol. The van der Waals surface area contributed by atoms with Gasteiger partial charge in [-0.1, -0.05) is 0 Å². The number of ether oxygens (including phenoxy) is 1. The van der Waals surface area contributed by atoms with Crippen LogP contribution in [0.4, 0.5) is 27.6 Å². The summed E-state index contributed by atoms with van der Waals surface area (Å²) < 4.78 is 68.5. The Kier molecular flexibility index (Phi) is 5.59. The molecule has 1 amide bonds. The van der Waals surface area contributed by atoms with Crippen LogP contribution in [0.3, 0.4) is 0 Å². The fourth-order valence-corrected chi connectivity index (χ4v) is 1.92. The van der Waals surface area contributed by atoms with Gasteiger partial charge in [0.1, 0.15) is 11.6 Å². The third-order valence-electron chi connectivity index (χ3n) is 3.28. The molecule has 0 spiro atoms. The first-order chi connectivity index (χ1) is 12.1. The third kappa shape index (κ3) is 4.78. The van der Waals surface area contributed by atoms with Gasteiger partial charge in [-0.05, 0) is 43.3 Å². The summed E-state index contributed by atoms with van der Waals surface area (Å²) in [6.45, 7) is 1.19. The molecule has 0 aliphatic rings. The summed E-state index contributed by atoms with van der Waals surface area (Å²) in [5.74, 6) is -4.05. The smallest absolute Gasteiger partial charge is 0.416 e. The van der Waals surface area contributed by atoms with Crippen LogP contribution in [0.2, 0.25) is 0 Å². The van der Waals surface area contributed by atoms with Gasteiger partial charge >= 0.3 is 12.1 Å². The maximum absolute atomic E-state index is 13.5. The summed E-state index contributed by atoms with van der Waals surface area (Å²) in [7, 11) is 0. The largest absolute Gasteiger partial charge is 0.449 e. The molecule has 1 unspecified atom stereocenters. The van der Waals surface area contributed by atoms with E-state index in [2.05, 4.69) is 5.32 Å². The molecule has 2 aromatic rings. The molecule has 1 N–H and O–H groups in total. The van der Waals surface area contributed by atoms with Crippen molar-refractivity contribution in [1.82, 2.24) is 0 Å². The zero-order valence-corrected chi connectivity index (χ0v) is 13.2. The minimum atomic E-state index is -4.51. The van der Waals surface area contributed by atoms with Crippen LogP contribution in [-0.2, 0) is 15.7 Å². The number of carbonyl (C=O) groups is 2. The number of esters is 1. The summed E-state index contributed by atoms with van der Waals surface area (Å²) in [6.07, 6.45) is -5.88. The van der Waals surface area contributed by atoms with E-state index in [0.717, 1.165) is 36.4 Å². The van der Waals surface area contributed by atoms with E-state index in [0.29, 0.717) is 6.07 Å². The van der Waals surface area contributed by atoms with Crippen LogP contribution in [0.5, 0.6) is 0 Å². The fourth-order valence-electron chi connectivity index (χ4n) is 1.92. The first kappa shape index (κ1) is 19.4. The Bertz CT molecular complexity index is 818. The molecule has 2 aromatic carbocycles. The molecular weight excluding hydrogens is 361 g/mol. The number of hydrogen-bond acceptors (Lipinski definition) is 3. The van der Waals surface area contributed by atoms with Gasteiger partial charge in [-0.15, -0.1) is 0 Å². The lowest BCUT2D eigenvalue weighted by Gasteiger charge is -2.14. The molecule has 2 rings (SSSR count). The maximum atomic E-state index is 13.5. The fraction of sp³-hybridized carbons (Fsp3) is 0.176. The third-order valence-corrected chi connectivity index (χ3v) is 3.28. The highest BCUT2D eigenvalue weighted by atomic mass is 19.4. The van der Waals surface area contributed by atoms with E-state index in [1.54, 1.807) is 0 Å². The number of halogens is 5. The summed E-state index contributed by atoms with van der Waals surface area (Å²) in [4.78, 5) is 23.7. The lowest BCUT2D eigenvalue weighted by Crippen LogP contribution is -2.30. The first-order valence-electron chi connectivity index (χ1n) is 7.22. The number of nitrogens with one attached hydrogen (secondary N) is 1. The first-order valence-corrected chi connectivity index (χ1v) is 7.22.